The van der Waals surface area contributed by atoms with Crippen LogP contribution in [0, 0.1) is 12.8 Å². The lowest BCUT2D eigenvalue weighted by Gasteiger charge is -2.29. The van der Waals surface area contributed by atoms with Crippen LogP contribution in [0.4, 0.5) is 0 Å². The minimum Gasteiger partial charge on any atom is -0.339 e. The molecule has 1 N–H and O–H groups in total. The summed E-state index contributed by atoms with van der Waals surface area (Å²) in [5.74, 6) is 1.06. The fourth-order valence-corrected chi connectivity index (χ4v) is 3.91. The van der Waals surface area contributed by atoms with E-state index < -0.39 is 0 Å². The monoisotopic (exact) mass is 286 g/mol. The predicted octanol–water partition coefficient (Wildman–Crippen LogP) is 2.70. The van der Waals surface area contributed by atoms with Gasteiger partial charge < -0.3 is 10.2 Å². The van der Waals surface area contributed by atoms with Crippen LogP contribution in [0.5, 0.6) is 0 Å². The van der Waals surface area contributed by atoms with Gasteiger partial charge in [-0.05, 0) is 50.8 Å². The molecule has 0 saturated carbocycles. The Balaban J connectivity index is 1.71. The molecule has 2 aliphatic heterocycles. The summed E-state index contributed by atoms with van der Waals surface area (Å²) in [6, 6.07) is 8.97. The zero-order valence-electron chi connectivity index (χ0n) is 13.1. The van der Waals surface area contributed by atoms with Crippen molar-refractivity contribution in [2.45, 2.75) is 45.1 Å². The number of rotatable bonds is 2. The molecule has 2 aliphatic rings. The molecule has 0 aromatic heterocycles. The van der Waals surface area contributed by atoms with Gasteiger partial charge in [-0.25, -0.2) is 0 Å². The first-order valence-corrected chi connectivity index (χ1v) is 8.23. The molecule has 2 heterocycles. The first-order valence-electron chi connectivity index (χ1n) is 8.23. The Morgan fingerprint density at radius 3 is 2.86 bits per heavy atom. The summed E-state index contributed by atoms with van der Waals surface area (Å²) in [6.45, 7) is 7.19. The van der Waals surface area contributed by atoms with Crippen molar-refractivity contribution in [1.82, 2.24) is 10.2 Å². The van der Waals surface area contributed by atoms with Crippen LogP contribution in [0.15, 0.2) is 24.3 Å². The number of hydrogen-bond donors (Lipinski definition) is 1. The molecule has 0 unspecified atom stereocenters. The maximum Gasteiger partial charge on any atom is 0.227 e. The third-order valence-electron chi connectivity index (χ3n) is 5.13. The first kappa shape index (κ1) is 14.6. The highest BCUT2D eigenvalue weighted by Gasteiger charge is 2.36. The lowest BCUT2D eigenvalue weighted by molar-refractivity contribution is -0.136. The second-order valence-electron chi connectivity index (χ2n) is 6.67. The van der Waals surface area contributed by atoms with E-state index in [1.165, 1.54) is 11.1 Å². The third-order valence-corrected chi connectivity index (χ3v) is 5.13. The molecule has 21 heavy (non-hydrogen) atoms. The average Bonchev–Trinajstić information content (AvgIpc) is 2.89. The van der Waals surface area contributed by atoms with Gasteiger partial charge >= 0.3 is 0 Å². The quantitative estimate of drug-likeness (QED) is 0.906. The Hall–Kier alpha value is -1.35. The van der Waals surface area contributed by atoms with Crippen LogP contribution >= 0.6 is 0 Å². The lowest BCUT2D eigenvalue weighted by atomic mass is 9.93. The van der Waals surface area contributed by atoms with Crippen molar-refractivity contribution in [2.24, 2.45) is 5.92 Å². The van der Waals surface area contributed by atoms with Gasteiger partial charge in [-0.15, -0.1) is 0 Å². The molecule has 3 rings (SSSR count). The molecule has 1 aromatic carbocycles. The third kappa shape index (κ3) is 2.98. The molecule has 3 heteroatoms. The molecular formula is C18H26N2O. The zero-order valence-corrected chi connectivity index (χ0v) is 13.1. The molecule has 2 saturated heterocycles. The zero-order chi connectivity index (χ0) is 14.8. The number of carbonyl (C=O) groups is 1. The Kier molecular flexibility index (Phi) is 4.29. The minimum atomic E-state index is 0.192. The van der Waals surface area contributed by atoms with E-state index in [1.807, 2.05) is 0 Å². The van der Waals surface area contributed by atoms with E-state index in [1.54, 1.807) is 0 Å². The second kappa shape index (κ2) is 6.18. The van der Waals surface area contributed by atoms with Gasteiger partial charge in [0, 0.05) is 25.0 Å². The summed E-state index contributed by atoms with van der Waals surface area (Å²) in [6.07, 6.45) is 3.26. The van der Waals surface area contributed by atoms with Gasteiger partial charge in [-0.3, -0.25) is 4.79 Å². The molecule has 114 valence electrons. The van der Waals surface area contributed by atoms with Gasteiger partial charge in [0.25, 0.3) is 0 Å². The molecule has 1 amide bonds. The van der Waals surface area contributed by atoms with Gasteiger partial charge in [-0.2, -0.15) is 0 Å². The number of piperidine rings is 1. The summed E-state index contributed by atoms with van der Waals surface area (Å²) in [4.78, 5) is 14.9. The molecule has 3 atom stereocenters. The van der Waals surface area contributed by atoms with Crippen LogP contribution in [0.25, 0.3) is 0 Å². The van der Waals surface area contributed by atoms with E-state index in [4.69, 9.17) is 0 Å². The van der Waals surface area contributed by atoms with Crippen LogP contribution in [-0.2, 0) is 4.79 Å². The van der Waals surface area contributed by atoms with Gasteiger partial charge in [0.15, 0.2) is 0 Å². The highest BCUT2D eigenvalue weighted by atomic mass is 16.2. The Bertz CT molecular complexity index is 508. The Morgan fingerprint density at radius 2 is 2.14 bits per heavy atom. The van der Waals surface area contributed by atoms with Gasteiger partial charge in [0.2, 0.25) is 5.91 Å². The number of nitrogens with zero attached hydrogens (tertiary/aromatic N) is 1. The average molecular weight is 286 g/mol. The highest BCUT2D eigenvalue weighted by molar-refractivity contribution is 5.80. The smallest absolute Gasteiger partial charge is 0.227 e. The number of hydrogen-bond acceptors (Lipinski definition) is 2. The number of likely N-dealkylation sites (tertiary alicyclic amines) is 1. The number of carbonyl (C=O) groups excluding carboxylic acids is 1. The maximum atomic E-state index is 12.8. The van der Waals surface area contributed by atoms with Gasteiger partial charge in [0.05, 0.1) is 5.92 Å². The fraction of sp³-hybridized carbons (Fsp3) is 0.611. The van der Waals surface area contributed by atoms with Crippen molar-refractivity contribution in [3.63, 3.8) is 0 Å². The van der Waals surface area contributed by atoms with Crippen molar-refractivity contribution >= 4 is 5.91 Å². The van der Waals surface area contributed by atoms with E-state index in [9.17, 15) is 4.79 Å². The summed E-state index contributed by atoms with van der Waals surface area (Å²) in [5, 5.41) is 3.36. The van der Waals surface area contributed by atoms with Crippen molar-refractivity contribution in [3.05, 3.63) is 35.4 Å². The van der Waals surface area contributed by atoms with Gasteiger partial charge in [0.1, 0.15) is 0 Å². The number of aryl methyl sites for hydroxylation is 1. The largest absolute Gasteiger partial charge is 0.339 e. The van der Waals surface area contributed by atoms with E-state index in [2.05, 4.69) is 48.3 Å². The Labute approximate surface area is 127 Å². The normalized spacial score (nSPS) is 29.6. The molecule has 0 aliphatic carbocycles. The van der Waals surface area contributed by atoms with E-state index >= 15 is 0 Å². The van der Waals surface area contributed by atoms with Crippen LogP contribution in [0.1, 0.15) is 43.2 Å². The summed E-state index contributed by atoms with van der Waals surface area (Å²) in [5.41, 5.74) is 2.77. The summed E-state index contributed by atoms with van der Waals surface area (Å²) < 4.78 is 0. The standard InChI is InChI=1S/C18H26N2O/c1-13-6-3-4-8-17(13)16-10-14(2)20(12-16)18(21)15-7-5-9-19-11-15/h3-4,6,8,14-16,19H,5,7,9-12H2,1-2H3/t14-,15+,16+/m0/s1. The van der Waals surface area contributed by atoms with Crippen LogP contribution < -0.4 is 5.32 Å². The lowest BCUT2D eigenvalue weighted by Crippen LogP contribution is -2.44. The molecule has 1 aromatic rings. The van der Waals surface area contributed by atoms with E-state index in [-0.39, 0.29) is 5.92 Å². The molecule has 0 bridgehead atoms. The number of benzene rings is 1. The van der Waals surface area contributed by atoms with E-state index in [0.717, 1.165) is 38.9 Å². The predicted molar refractivity (Wildman–Crippen MR) is 85.3 cm³/mol. The molecule has 0 radical (unpaired) electrons. The first-order chi connectivity index (χ1) is 10.2. The molecule has 3 nitrogen and oxygen atoms in total. The molecule has 2 fully saturated rings. The van der Waals surface area contributed by atoms with E-state index in [0.29, 0.717) is 17.9 Å². The van der Waals surface area contributed by atoms with Crippen molar-refractivity contribution in [2.75, 3.05) is 19.6 Å². The number of nitrogens with one attached hydrogen (secondary N) is 1. The van der Waals surface area contributed by atoms with Crippen molar-refractivity contribution in [3.8, 4) is 0 Å². The number of amides is 1. The molecular weight excluding hydrogens is 260 g/mol. The summed E-state index contributed by atoms with van der Waals surface area (Å²) in [7, 11) is 0. The van der Waals surface area contributed by atoms with Crippen molar-refractivity contribution < 1.29 is 4.79 Å². The van der Waals surface area contributed by atoms with Crippen LogP contribution in [-0.4, -0.2) is 36.5 Å². The van der Waals surface area contributed by atoms with Gasteiger partial charge in [-0.1, -0.05) is 24.3 Å². The highest BCUT2D eigenvalue weighted by Crippen LogP contribution is 2.34. The second-order valence-corrected chi connectivity index (χ2v) is 6.67. The topological polar surface area (TPSA) is 32.3 Å². The Morgan fingerprint density at radius 1 is 1.33 bits per heavy atom. The SMILES string of the molecule is Cc1ccccc1[C@@H]1C[C@H](C)N(C(=O)[C@@H]2CCCNC2)C1. The minimum absolute atomic E-state index is 0.192. The van der Waals surface area contributed by atoms with Crippen molar-refractivity contribution in [1.29, 1.82) is 0 Å². The summed E-state index contributed by atoms with van der Waals surface area (Å²) >= 11 is 0. The maximum absolute atomic E-state index is 12.8. The van der Waals surface area contributed by atoms with Crippen LogP contribution in [0.3, 0.4) is 0 Å². The fourth-order valence-electron chi connectivity index (χ4n) is 3.91. The molecule has 0 spiro atoms. The van der Waals surface area contributed by atoms with Crippen LogP contribution in [0.2, 0.25) is 0 Å².